The van der Waals surface area contributed by atoms with Crippen LogP contribution in [-0.4, -0.2) is 37.2 Å². The zero-order valence-corrected chi connectivity index (χ0v) is 48.3. The molecule has 0 fully saturated rings. The standard InChI is InChI=1S/C69H110O6/c1-4-7-10-13-16-19-22-25-28-30-32-33-34-35-37-38-41-44-47-50-53-56-59-62-68(71)74-65-66(64-73-67(70)61-58-55-52-49-46-43-40-27-24-21-18-15-12-9-6-3)75-69(72)63-60-57-54-51-48-45-42-39-36-31-29-26-23-20-17-14-11-8-5-2/h8-9,11-12,17-18,20-22,25-27,29-30,32,34-36,39-40,45-46,48-49,66H,4-7,10,13-16,19,23-24,28,31,33,37-38,41-44,47,50-65H2,1-3H3/b11-8-,12-9-,20-17-,21-18-,25-22-,29-26-,32-30-,35-34-,39-36-,40-27-,48-45-,49-46-. The Kier molecular flexibility index (Phi) is 58.0. The molecular weight excluding hydrogens is 925 g/mol. The number of ether oxygens (including phenoxy) is 3. The highest BCUT2D eigenvalue weighted by Crippen LogP contribution is 2.13. The molecule has 0 aliphatic heterocycles. The minimum atomic E-state index is -0.824. The van der Waals surface area contributed by atoms with Crippen molar-refractivity contribution < 1.29 is 28.6 Å². The zero-order chi connectivity index (χ0) is 54.3. The van der Waals surface area contributed by atoms with Crippen LogP contribution in [0.3, 0.4) is 0 Å². The van der Waals surface area contributed by atoms with Crippen molar-refractivity contribution in [2.24, 2.45) is 0 Å². The molecule has 1 unspecified atom stereocenters. The van der Waals surface area contributed by atoms with Crippen LogP contribution in [0, 0.1) is 0 Å². The van der Waals surface area contributed by atoms with Crippen LogP contribution < -0.4 is 0 Å². The fourth-order valence-corrected chi connectivity index (χ4v) is 7.82. The van der Waals surface area contributed by atoms with Gasteiger partial charge in [0.1, 0.15) is 13.2 Å². The quantitative estimate of drug-likeness (QED) is 0.0261. The van der Waals surface area contributed by atoms with Crippen LogP contribution >= 0.6 is 0 Å². The maximum absolute atomic E-state index is 12.9. The van der Waals surface area contributed by atoms with Crippen LogP contribution in [0.15, 0.2) is 146 Å². The van der Waals surface area contributed by atoms with E-state index in [1.807, 2.05) is 0 Å². The summed E-state index contributed by atoms with van der Waals surface area (Å²) >= 11 is 0. The van der Waals surface area contributed by atoms with Gasteiger partial charge in [0.05, 0.1) is 0 Å². The Balaban J connectivity index is 4.51. The molecule has 422 valence electrons. The lowest BCUT2D eigenvalue weighted by Crippen LogP contribution is -2.30. The highest BCUT2D eigenvalue weighted by atomic mass is 16.6. The highest BCUT2D eigenvalue weighted by molar-refractivity contribution is 5.71. The Hall–Kier alpha value is -4.71. The summed E-state index contributed by atoms with van der Waals surface area (Å²) in [6, 6.07) is 0. The maximum atomic E-state index is 12.9. The summed E-state index contributed by atoms with van der Waals surface area (Å²) in [7, 11) is 0. The molecule has 0 aliphatic carbocycles. The topological polar surface area (TPSA) is 78.9 Å². The summed E-state index contributed by atoms with van der Waals surface area (Å²) in [5, 5.41) is 0. The molecule has 0 spiro atoms. The van der Waals surface area contributed by atoms with E-state index in [0.717, 1.165) is 128 Å². The largest absolute Gasteiger partial charge is 0.462 e. The van der Waals surface area contributed by atoms with Gasteiger partial charge in [-0.15, -0.1) is 0 Å². The number of carbonyl (C=O) groups is 3. The average Bonchev–Trinajstić information content (AvgIpc) is 3.41. The molecule has 75 heavy (non-hydrogen) atoms. The number of rotatable bonds is 53. The second kappa shape index (κ2) is 61.8. The van der Waals surface area contributed by atoms with E-state index in [9.17, 15) is 14.4 Å². The van der Waals surface area contributed by atoms with Crippen molar-refractivity contribution in [3.05, 3.63) is 146 Å². The van der Waals surface area contributed by atoms with Crippen LogP contribution in [0.2, 0.25) is 0 Å². The molecule has 0 radical (unpaired) electrons. The molecular formula is C69H110O6. The van der Waals surface area contributed by atoms with Gasteiger partial charge in [0, 0.05) is 19.3 Å². The van der Waals surface area contributed by atoms with E-state index in [-0.39, 0.29) is 37.5 Å². The van der Waals surface area contributed by atoms with Gasteiger partial charge in [0.15, 0.2) is 6.10 Å². The van der Waals surface area contributed by atoms with Crippen LogP contribution in [0.1, 0.15) is 252 Å². The predicted molar refractivity (Wildman–Crippen MR) is 325 cm³/mol. The second-order valence-electron chi connectivity index (χ2n) is 19.5. The van der Waals surface area contributed by atoms with E-state index in [2.05, 4.69) is 167 Å². The van der Waals surface area contributed by atoms with E-state index in [0.29, 0.717) is 25.7 Å². The molecule has 0 saturated heterocycles. The van der Waals surface area contributed by atoms with Gasteiger partial charge < -0.3 is 14.2 Å². The smallest absolute Gasteiger partial charge is 0.306 e. The number of carbonyl (C=O) groups excluding carboxylic acids is 3. The number of allylic oxidation sites excluding steroid dienone is 24. The normalized spacial score (nSPS) is 13.2. The fraction of sp³-hybridized carbons (Fsp3) is 0.609. The van der Waals surface area contributed by atoms with Crippen LogP contribution in [0.5, 0.6) is 0 Å². The monoisotopic (exact) mass is 1030 g/mol. The SMILES string of the molecule is CC/C=C\C/C=C\C/C=C\C/C=C\C/C=C\CCCCCC(=O)OC(COC(=O)CCCC/C=C\C/C=C\C/C=C\C/C=C\CC)COC(=O)CCCCCCCCCC/C=C\C/C=C\C/C=C\CCCCCCC. The third kappa shape index (κ3) is 60.0. The Labute approximate surface area is 461 Å². The first-order chi connectivity index (χ1) is 37.0. The molecule has 6 heteroatoms. The van der Waals surface area contributed by atoms with Crippen molar-refractivity contribution in [1.29, 1.82) is 0 Å². The van der Waals surface area contributed by atoms with Gasteiger partial charge in [-0.2, -0.15) is 0 Å². The summed E-state index contributed by atoms with van der Waals surface area (Å²) in [5.41, 5.74) is 0. The van der Waals surface area contributed by atoms with Gasteiger partial charge in [-0.05, 0) is 141 Å². The maximum Gasteiger partial charge on any atom is 0.306 e. The summed E-state index contributed by atoms with van der Waals surface area (Å²) in [6.07, 6.45) is 88.4. The fourth-order valence-electron chi connectivity index (χ4n) is 7.82. The van der Waals surface area contributed by atoms with E-state index >= 15 is 0 Å². The van der Waals surface area contributed by atoms with Crippen LogP contribution in [-0.2, 0) is 28.6 Å². The first kappa shape index (κ1) is 70.3. The Morgan fingerprint density at radius 3 is 0.853 bits per heavy atom. The first-order valence-electron chi connectivity index (χ1n) is 30.3. The molecule has 0 N–H and O–H groups in total. The zero-order valence-electron chi connectivity index (χ0n) is 48.3. The lowest BCUT2D eigenvalue weighted by Gasteiger charge is -2.18. The molecule has 1 atom stereocenters. The summed E-state index contributed by atoms with van der Waals surface area (Å²) < 4.78 is 16.8. The van der Waals surface area contributed by atoms with Crippen molar-refractivity contribution in [2.45, 2.75) is 258 Å². The van der Waals surface area contributed by atoms with Crippen molar-refractivity contribution in [1.82, 2.24) is 0 Å². The first-order valence-corrected chi connectivity index (χ1v) is 30.3. The van der Waals surface area contributed by atoms with E-state index in [4.69, 9.17) is 14.2 Å². The van der Waals surface area contributed by atoms with Crippen LogP contribution in [0.25, 0.3) is 0 Å². The molecule has 0 bridgehead atoms. The van der Waals surface area contributed by atoms with Gasteiger partial charge >= 0.3 is 17.9 Å². The highest BCUT2D eigenvalue weighted by Gasteiger charge is 2.19. The number of hydrogen-bond acceptors (Lipinski definition) is 6. The summed E-state index contributed by atoms with van der Waals surface area (Å²) in [4.78, 5) is 38.2. The molecule has 0 heterocycles. The van der Waals surface area contributed by atoms with Crippen molar-refractivity contribution in [2.75, 3.05) is 13.2 Å². The number of hydrogen-bond donors (Lipinski definition) is 0. The lowest BCUT2D eigenvalue weighted by atomic mass is 10.1. The third-order valence-electron chi connectivity index (χ3n) is 12.3. The van der Waals surface area contributed by atoms with Gasteiger partial charge in [0.2, 0.25) is 0 Å². The van der Waals surface area contributed by atoms with E-state index in [1.54, 1.807) is 0 Å². The minimum absolute atomic E-state index is 0.114. The van der Waals surface area contributed by atoms with Crippen molar-refractivity contribution in [3.8, 4) is 0 Å². The molecule has 6 nitrogen and oxygen atoms in total. The third-order valence-corrected chi connectivity index (χ3v) is 12.3. The average molecular weight is 1040 g/mol. The second-order valence-corrected chi connectivity index (χ2v) is 19.5. The predicted octanol–water partition coefficient (Wildman–Crippen LogP) is 20.8. The minimum Gasteiger partial charge on any atom is -0.462 e. The van der Waals surface area contributed by atoms with Gasteiger partial charge in [-0.1, -0.05) is 237 Å². The molecule has 0 saturated carbocycles. The van der Waals surface area contributed by atoms with Crippen LogP contribution in [0.4, 0.5) is 0 Å². The van der Waals surface area contributed by atoms with E-state index < -0.39 is 6.10 Å². The molecule has 0 aromatic heterocycles. The van der Waals surface area contributed by atoms with Gasteiger partial charge in [0.25, 0.3) is 0 Å². The Bertz CT molecular complexity index is 1660. The van der Waals surface area contributed by atoms with E-state index in [1.165, 1.54) is 70.6 Å². The van der Waals surface area contributed by atoms with Crippen molar-refractivity contribution >= 4 is 17.9 Å². The molecule has 0 aliphatic rings. The number of unbranched alkanes of at least 4 members (excludes halogenated alkanes) is 18. The van der Waals surface area contributed by atoms with Crippen molar-refractivity contribution in [3.63, 3.8) is 0 Å². The lowest BCUT2D eigenvalue weighted by molar-refractivity contribution is -0.167. The molecule has 0 amide bonds. The molecule has 0 rings (SSSR count). The molecule has 0 aromatic carbocycles. The Morgan fingerprint density at radius 2 is 0.520 bits per heavy atom. The Morgan fingerprint density at radius 1 is 0.280 bits per heavy atom. The number of esters is 3. The molecule has 0 aromatic rings. The van der Waals surface area contributed by atoms with Gasteiger partial charge in [-0.25, -0.2) is 0 Å². The summed E-state index contributed by atoms with van der Waals surface area (Å²) in [6.45, 7) is 6.32. The summed E-state index contributed by atoms with van der Waals surface area (Å²) in [5.74, 6) is -1.00. The van der Waals surface area contributed by atoms with Gasteiger partial charge in [-0.3, -0.25) is 14.4 Å².